The number of likely N-dealkylation sites (tertiary alicyclic amines) is 1. The van der Waals surface area contributed by atoms with Crippen LogP contribution in [0.1, 0.15) is 32.4 Å². The van der Waals surface area contributed by atoms with Crippen LogP contribution in [0.25, 0.3) is 0 Å². The second kappa shape index (κ2) is 8.47. The standard InChI is InChI=1S/C16H25N5O3/c1-3-20(4-2)15(23)12-6-5-7-21(10-12)16(24)17-9-13-8-14(22)19-11-18-13/h8,11-12H,3-7,9-10H2,1-2H3,(H,17,24)(H,18,19,22). The van der Waals surface area contributed by atoms with Crippen LogP contribution in [0.15, 0.2) is 17.2 Å². The molecule has 1 atom stereocenters. The van der Waals surface area contributed by atoms with Crippen LogP contribution < -0.4 is 10.9 Å². The van der Waals surface area contributed by atoms with Gasteiger partial charge in [0.05, 0.1) is 24.5 Å². The molecule has 2 rings (SSSR count). The summed E-state index contributed by atoms with van der Waals surface area (Å²) in [7, 11) is 0. The van der Waals surface area contributed by atoms with E-state index in [0.717, 1.165) is 12.8 Å². The lowest BCUT2D eigenvalue weighted by atomic mass is 9.96. The van der Waals surface area contributed by atoms with Crippen LogP contribution in [0, 0.1) is 5.92 Å². The Morgan fingerprint density at radius 3 is 2.83 bits per heavy atom. The number of urea groups is 1. The van der Waals surface area contributed by atoms with Crippen LogP contribution in [-0.4, -0.2) is 57.9 Å². The molecule has 0 saturated carbocycles. The molecule has 8 nitrogen and oxygen atoms in total. The molecule has 0 aliphatic carbocycles. The summed E-state index contributed by atoms with van der Waals surface area (Å²) in [6.45, 7) is 6.56. The minimum Gasteiger partial charge on any atom is -0.343 e. The number of rotatable bonds is 5. The number of hydrogen-bond acceptors (Lipinski definition) is 4. The second-order valence-corrected chi connectivity index (χ2v) is 5.86. The minimum absolute atomic E-state index is 0.119. The fourth-order valence-corrected chi connectivity index (χ4v) is 2.94. The molecule has 0 bridgehead atoms. The summed E-state index contributed by atoms with van der Waals surface area (Å²) in [6.07, 6.45) is 2.94. The molecule has 1 aliphatic heterocycles. The van der Waals surface area contributed by atoms with Crippen LogP contribution in [-0.2, 0) is 11.3 Å². The predicted octanol–water partition coefficient (Wildman–Crippen LogP) is 0.560. The van der Waals surface area contributed by atoms with Gasteiger partial charge in [-0.05, 0) is 26.7 Å². The van der Waals surface area contributed by atoms with E-state index in [1.165, 1.54) is 12.4 Å². The highest BCUT2D eigenvalue weighted by molar-refractivity contribution is 5.81. The molecule has 8 heteroatoms. The third-order valence-corrected chi connectivity index (χ3v) is 4.29. The summed E-state index contributed by atoms with van der Waals surface area (Å²) in [4.78, 5) is 45.9. The molecule has 0 spiro atoms. The fourth-order valence-electron chi connectivity index (χ4n) is 2.94. The first kappa shape index (κ1) is 18.0. The Balaban J connectivity index is 1.90. The Labute approximate surface area is 141 Å². The van der Waals surface area contributed by atoms with Crippen molar-refractivity contribution in [3.63, 3.8) is 0 Å². The van der Waals surface area contributed by atoms with E-state index in [-0.39, 0.29) is 30.0 Å². The van der Waals surface area contributed by atoms with E-state index in [2.05, 4.69) is 15.3 Å². The van der Waals surface area contributed by atoms with Gasteiger partial charge in [0.15, 0.2) is 0 Å². The summed E-state index contributed by atoms with van der Waals surface area (Å²) in [5, 5.41) is 2.76. The van der Waals surface area contributed by atoms with E-state index in [1.54, 1.807) is 4.90 Å². The average molecular weight is 335 g/mol. The molecule has 2 N–H and O–H groups in total. The molecule has 0 aromatic carbocycles. The number of aromatic nitrogens is 2. The van der Waals surface area contributed by atoms with Crippen molar-refractivity contribution < 1.29 is 9.59 Å². The van der Waals surface area contributed by atoms with Gasteiger partial charge in [-0.1, -0.05) is 0 Å². The van der Waals surface area contributed by atoms with Crippen molar-refractivity contribution in [2.24, 2.45) is 5.92 Å². The smallest absolute Gasteiger partial charge is 0.317 e. The van der Waals surface area contributed by atoms with Crippen molar-refractivity contribution in [3.8, 4) is 0 Å². The van der Waals surface area contributed by atoms with Gasteiger partial charge in [0.1, 0.15) is 0 Å². The summed E-state index contributed by atoms with van der Waals surface area (Å²) in [5.74, 6) is -0.0177. The molecule has 1 unspecified atom stereocenters. The number of carbonyl (C=O) groups is 2. The lowest BCUT2D eigenvalue weighted by Crippen LogP contribution is -2.49. The first-order chi connectivity index (χ1) is 11.5. The van der Waals surface area contributed by atoms with Crippen molar-refractivity contribution >= 4 is 11.9 Å². The Hall–Kier alpha value is -2.38. The average Bonchev–Trinajstić information content (AvgIpc) is 2.61. The van der Waals surface area contributed by atoms with Crippen LogP contribution >= 0.6 is 0 Å². The highest BCUT2D eigenvalue weighted by Crippen LogP contribution is 2.19. The Bertz CT molecular complexity index is 626. The summed E-state index contributed by atoms with van der Waals surface area (Å²) < 4.78 is 0. The predicted molar refractivity (Wildman–Crippen MR) is 89.3 cm³/mol. The van der Waals surface area contributed by atoms with Crippen LogP contribution in [0.2, 0.25) is 0 Å². The van der Waals surface area contributed by atoms with Gasteiger partial charge in [-0.2, -0.15) is 0 Å². The van der Waals surface area contributed by atoms with Gasteiger partial charge in [-0.25, -0.2) is 9.78 Å². The maximum Gasteiger partial charge on any atom is 0.317 e. The van der Waals surface area contributed by atoms with Gasteiger partial charge < -0.3 is 20.1 Å². The van der Waals surface area contributed by atoms with Crippen LogP contribution in [0.5, 0.6) is 0 Å². The normalized spacial score (nSPS) is 17.4. The van der Waals surface area contributed by atoms with Gasteiger partial charge in [-0.15, -0.1) is 0 Å². The van der Waals surface area contributed by atoms with E-state index >= 15 is 0 Å². The van der Waals surface area contributed by atoms with Gasteiger partial charge >= 0.3 is 6.03 Å². The van der Waals surface area contributed by atoms with E-state index in [4.69, 9.17) is 0 Å². The number of H-pyrrole nitrogens is 1. The highest BCUT2D eigenvalue weighted by atomic mass is 16.2. The topological polar surface area (TPSA) is 98.4 Å². The van der Waals surface area contributed by atoms with Crippen molar-refractivity contribution in [2.45, 2.75) is 33.2 Å². The molecule has 3 amide bonds. The largest absolute Gasteiger partial charge is 0.343 e. The summed E-state index contributed by atoms with van der Waals surface area (Å²) in [5.41, 5.74) is 0.247. The maximum absolute atomic E-state index is 12.5. The minimum atomic E-state index is -0.253. The molecular formula is C16H25N5O3. The van der Waals surface area contributed by atoms with Gasteiger partial charge in [0, 0.05) is 32.2 Å². The SMILES string of the molecule is CCN(CC)C(=O)C1CCCN(C(=O)NCc2cc(=O)[nH]cn2)C1. The van der Waals surface area contributed by atoms with Gasteiger partial charge in [-0.3, -0.25) is 9.59 Å². The Kier molecular flexibility index (Phi) is 6.34. The molecule has 132 valence electrons. The first-order valence-electron chi connectivity index (χ1n) is 8.40. The van der Waals surface area contributed by atoms with Gasteiger partial charge in [0.2, 0.25) is 5.91 Å². The third-order valence-electron chi connectivity index (χ3n) is 4.29. The van der Waals surface area contributed by atoms with Crippen molar-refractivity contribution in [3.05, 3.63) is 28.4 Å². The molecule has 1 aromatic heterocycles. The third kappa shape index (κ3) is 4.56. The number of piperidine rings is 1. The quantitative estimate of drug-likeness (QED) is 0.821. The molecule has 0 radical (unpaired) electrons. The lowest BCUT2D eigenvalue weighted by Gasteiger charge is -2.34. The molecular weight excluding hydrogens is 310 g/mol. The molecule has 1 saturated heterocycles. The molecule has 24 heavy (non-hydrogen) atoms. The van der Waals surface area contributed by atoms with E-state index in [0.29, 0.717) is 31.9 Å². The van der Waals surface area contributed by atoms with Crippen molar-refractivity contribution in [1.82, 2.24) is 25.1 Å². The zero-order valence-corrected chi connectivity index (χ0v) is 14.2. The van der Waals surface area contributed by atoms with Crippen LogP contribution in [0.3, 0.4) is 0 Å². The summed E-state index contributed by atoms with van der Waals surface area (Å²) in [6, 6.07) is 1.12. The number of amides is 3. The molecule has 1 aromatic rings. The van der Waals surface area contributed by atoms with E-state index < -0.39 is 0 Å². The number of nitrogens with zero attached hydrogens (tertiary/aromatic N) is 3. The summed E-state index contributed by atoms with van der Waals surface area (Å²) >= 11 is 0. The number of nitrogens with one attached hydrogen (secondary N) is 2. The van der Waals surface area contributed by atoms with Crippen molar-refractivity contribution in [1.29, 1.82) is 0 Å². The Morgan fingerprint density at radius 1 is 1.42 bits per heavy atom. The fraction of sp³-hybridized carbons (Fsp3) is 0.625. The van der Waals surface area contributed by atoms with Gasteiger partial charge in [0.25, 0.3) is 5.56 Å². The second-order valence-electron chi connectivity index (χ2n) is 5.86. The molecule has 2 heterocycles. The first-order valence-corrected chi connectivity index (χ1v) is 8.40. The highest BCUT2D eigenvalue weighted by Gasteiger charge is 2.30. The lowest BCUT2D eigenvalue weighted by molar-refractivity contribution is -0.136. The Morgan fingerprint density at radius 2 is 2.17 bits per heavy atom. The zero-order chi connectivity index (χ0) is 17.5. The zero-order valence-electron chi connectivity index (χ0n) is 14.2. The number of hydrogen-bond donors (Lipinski definition) is 2. The van der Waals surface area contributed by atoms with E-state index in [9.17, 15) is 14.4 Å². The number of aromatic amines is 1. The van der Waals surface area contributed by atoms with Crippen LogP contribution in [0.4, 0.5) is 4.79 Å². The monoisotopic (exact) mass is 335 g/mol. The van der Waals surface area contributed by atoms with Crippen molar-refractivity contribution in [2.75, 3.05) is 26.2 Å². The number of carbonyl (C=O) groups excluding carboxylic acids is 2. The molecule has 1 aliphatic rings. The maximum atomic E-state index is 12.5. The van der Waals surface area contributed by atoms with E-state index in [1.807, 2.05) is 18.7 Å². The molecule has 1 fully saturated rings.